The number of ketones is 2. The molecule has 2 aromatic rings. The first kappa shape index (κ1) is 8.91. The van der Waals surface area contributed by atoms with Gasteiger partial charge in [-0.15, -0.1) is 0 Å². The average molecular weight is 210 g/mol. The van der Waals surface area contributed by atoms with Gasteiger partial charge in [0.2, 0.25) is 11.6 Å². The molecule has 2 heterocycles. The van der Waals surface area contributed by atoms with Gasteiger partial charge in [-0.05, 0) is 12.1 Å². The van der Waals surface area contributed by atoms with E-state index in [0.717, 1.165) is 0 Å². The molecule has 4 nitrogen and oxygen atoms in total. The van der Waals surface area contributed by atoms with E-state index in [2.05, 4.69) is 9.97 Å². The van der Waals surface area contributed by atoms with E-state index in [9.17, 15) is 9.59 Å². The Bertz CT molecular complexity index is 564. The van der Waals surface area contributed by atoms with E-state index in [1.165, 1.54) is 12.4 Å². The van der Waals surface area contributed by atoms with Crippen molar-refractivity contribution >= 4 is 11.6 Å². The highest BCUT2D eigenvalue weighted by atomic mass is 16.2. The molecule has 0 bridgehead atoms. The van der Waals surface area contributed by atoms with Gasteiger partial charge >= 0.3 is 0 Å². The van der Waals surface area contributed by atoms with Crippen LogP contribution in [0.5, 0.6) is 0 Å². The predicted molar refractivity (Wildman–Crippen MR) is 56.1 cm³/mol. The quantitative estimate of drug-likeness (QED) is 0.618. The van der Waals surface area contributed by atoms with Gasteiger partial charge in [0, 0.05) is 47.0 Å². The molecular formula is C12H6N2O2. The number of hydrogen-bond donors (Lipinski definition) is 0. The summed E-state index contributed by atoms with van der Waals surface area (Å²) in [5.74, 6) is -0.952. The lowest BCUT2D eigenvalue weighted by atomic mass is 9.86. The van der Waals surface area contributed by atoms with Crippen LogP contribution in [0.2, 0.25) is 0 Å². The van der Waals surface area contributed by atoms with Crippen LogP contribution in [-0.4, -0.2) is 21.5 Å². The maximum absolute atomic E-state index is 11.8. The summed E-state index contributed by atoms with van der Waals surface area (Å²) < 4.78 is 0. The van der Waals surface area contributed by atoms with Crippen molar-refractivity contribution in [2.75, 3.05) is 0 Å². The monoisotopic (exact) mass is 210 g/mol. The van der Waals surface area contributed by atoms with Crippen molar-refractivity contribution in [1.82, 2.24) is 9.97 Å². The second-order valence-electron chi connectivity index (χ2n) is 3.50. The van der Waals surface area contributed by atoms with Crippen LogP contribution in [0, 0.1) is 0 Å². The molecule has 0 radical (unpaired) electrons. The van der Waals surface area contributed by atoms with Crippen molar-refractivity contribution in [3.8, 4) is 11.1 Å². The van der Waals surface area contributed by atoms with E-state index in [4.69, 9.17) is 0 Å². The number of rotatable bonds is 0. The molecule has 0 spiro atoms. The number of nitrogens with zero attached hydrogens (tertiary/aromatic N) is 2. The molecule has 2 aromatic heterocycles. The first-order chi connectivity index (χ1) is 7.79. The van der Waals surface area contributed by atoms with Crippen molar-refractivity contribution in [2.45, 2.75) is 0 Å². The summed E-state index contributed by atoms with van der Waals surface area (Å²) in [5, 5.41) is 0. The summed E-state index contributed by atoms with van der Waals surface area (Å²) in [5.41, 5.74) is 2.16. The van der Waals surface area contributed by atoms with Gasteiger partial charge < -0.3 is 0 Å². The van der Waals surface area contributed by atoms with Crippen molar-refractivity contribution in [2.24, 2.45) is 0 Å². The van der Waals surface area contributed by atoms with Crippen molar-refractivity contribution in [1.29, 1.82) is 0 Å². The number of fused-ring (bicyclic) bond motifs is 3. The van der Waals surface area contributed by atoms with Crippen molar-refractivity contribution < 1.29 is 9.59 Å². The summed E-state index contributed by atoms with van der Waals surface area (Å²) in [7, 11) is 0. The Balaban J connectivity index is 2.41. The lowest BCUT2D eigenvalue weighted by Crippen LogP contribution is -2.21. The van der Waals surface area contributed by atoms with E-state index < -0.39 is 11.6 Å². The van der Waals surface area contributed by atoms with Gasteiger partial charge in [-0.3, -0.25) is 19.6 Å². The minimum Gasteiger partial charge on any atom is -0.285 e. The lowest BCUT2D eigenvalue weighted by molar-refractivity contribution is 0.0815. The number of aromatic nitrogens is 2. The third-order valence-corrected chi connectivity index (χ3v) is 2.63. The molecule has 4 heteroatoms. The highest BCUT2D eigenvalue weighted by molar-refractivity contribution is 6.52. The lowest BCUT2D eigenvalue weighted by Gasteiger charge is -2.15. The normalized spacial score (nSPS) is 13.2. The molecule has 0 aromatic carbocycles. The molecule has 0 unspecified atom stereocenters. The summed E-state index contributed by atoms with van der Waals surface area (Å²) in [6.45, 7) is 0. The zero-order valence-corrected chi connectivity index (χ0v) is 8.18. The largest absolute Gasteiger partial charge is 0.285 e. The van der Waals surface area contributed by atoms with Crippen LogP contribution < -0.4 is 0 Å². The Morgan fingerprint density at radius 2 is 1.12 bits per heavy atom. The zero-order valence-electron chi connectivity index (χ0n) is 8.18. The van der Waals surface area contributed by atoms with Gasteiger partial charge in [0.25, 0.3) is 0 Å². The maximum Gasteiger partial charge on any atom is 0.234 e. The van der Waals surface area contributed by atoms with E-state index in [0.29, 0.717) is 22.3 Å². The molecule has 0 amide bonds. The summed E-state index contributed by atoms with van der Waals surface area (Å²) >= 11 is 0. The van der Waals surface area contributed by atoms with Gasteiger partial charge in [0.1, 0.15) is 0 Å². The highest BCUT2D eigenvalue weighted by Crippen LogP contribution is 2.31. The van der Waals surface area contributed by atoms with Crippen LogP contribution in [0.25, 0.3) is 11.1 Å². The molecule has 1 aliphatic carbocycles. The first-order valence-electron chi connectivity index (χ1n) is 4.76. The molecule has 3 rings (SSSR count). The summed E-state index contributed by atoms with van der Waals surface area (Å²) in [6, 6.07) is 3.12. The maximum atomic E-state index is 11.8. The minimum absolute atomic E-state index is 0.403. The smallest absolute Gasteiger partial charge is 0.234 e. The van der Waals surface area contributed by atoms with Gasteiger partial charge in [0.05, 0.1) is 0 Å². The predicted octanol–water partition coefficient (Wildman–Crippen LogP) is 1.52. The number of Topliss-reactive ketones (excluding diaryl/α,β-unsaturated/α-hetero) is 2. The topological polar surface area (TPSA) is 59.9 Å². The molecule has 16 heavy (non-hydrogen) atoms. The van der Waals surface area contributed by atoms with E-state index in [1.807, 2.05) is 0 Å². The van der Waals surface area contributed by atoms with Crippen LogP contribution in [-0.2, 0) is 0 Å². The van der Waals surface area contributed by atoms with Crippen LogP contribution >= 0.6 is 0 Å². The third-order valence-electron chi connectivity index (χ3n) is 2.63. The van der Waals surface area contributed by atoms with Gasteiger partial charge in [-0.25, -0.2) is 0 Å². The molecule has 0 saturated carbocycles. The minimum atomic E-state index is -0.476. The Morgan fingerprint density at radius 3 is 1.56 bits per heavy atom. The molecule has 0 atom stereocenters. The second-order valence-corrected chi connectivity index (χ2v) is 3.50. The SMILES string of the molecule is O=C1C(=O)c2ccncc2-c2cnccc21. The Morgan fingerprint density at radius 1 is 0.688 bits per heavy atom. The van der Waals surface area contributed by atoms with Crippen molar-refractivity contribution in [3.05, 3.63) is 48.0 Å². The fraction of sp³-hybridized carbons (Fsp3) is 0. The highest BCUT2D eigenvalue weighted by Gasteiger charge is 2.30. The van der Waals surface area contributed by atoms with Gasteiger partial charge in [-0.2, -0.15) is 0 Å². The van der Waals surface area contributed by atoms with E-state index in [-0.39, 0.29) is 0 Å². The van der Waals surface area contributed by atoms with Gasteiger partial charge in [-0.1, -0.05) is 0 Å². The summed E-state index contributed by atoms with van der Waals surface area (Å²) in [4.78, 5) is 31.5. The molecule has 0 aliphatic heterocycles. The molecule has 0 N–H and O–H groups in total. The molecule has 0 fully saturated rings. The third kappa shape index (κ3) is 1.04. The molecule has 76 valence electrons. The molecule has 1 aliphatic rings. The van der Waals surface area contributed by atoms with Crippen LogP contribution in [0.15, 0.2) is 36.9 Å². The Kier molecular flexibility index (Phi) is 1.71. The second kappa shape index (κ2) is 3.06. The fourth-order valence-corrected chi connectivity index (χ4v) is 1.86. The summed E-state index contributed by atoms with van der Waals surface area (Å²) in [6.07, 6.45) is 6.18. The Hall–Kier alpha value is -2.36. The zero-order chi connectivity index (χ0) is 11.1. The number of pyridine rings is 2. The first-order valence-corrected chi connectivity index (χ1v) is 4.76. The van der Waals surface area contributed by atoms with Crippen molar-refractivity contribution in [3.63, 3.8) is 0 Å². The van der Waals surface area contributed by atoms with Gasteiger partial charge in [0.15, 0.2) is 0 Å². The average Bonchev–Trinajstić information content (AvgIpc) is 2.36. The van der Waals surface area contributed by atoms with Crippen LogP contribution in [0.4, 0.5) is 0 Å². The van der Waals surface area contributed by atoms with E-state index >= 15 is 0 Å². The fourth-order valence-electron chi connectivity index (χ4n) is 1.86. The number of carbonyl (C=O) groups is 2. The van der Waals surface area contributed by atoms with Crippen LogP contribution in [0.3, 0.4) is 0 Å². The Labute approximate surface area is 91.0 Å². The standard InChI is InChI=1S/C12H6N2O2/c15-11-7-1-3-13-5-9(7)10-6-14-4-2-8(10)12(11)16/h1-6H. The molecule has 0 saturated heterocycles. The number of carbonyl (C=O) groups excluding carboxylic acids is 2. The van der Waals surface area contributed by atoms with Crippen LogP contribution in [0.1, 0.15) is 20.7 Å². The molecular weight excluding hydrogens is 204 g/mol. The van der Waals surface area contributed by atoms with E-state index in [1.54, 1.807) is 24.5 Å². The number of hydrogen-bond acceptors (Lipinski definition) is 4.